The number of hydrogen-bond acceptors (Lipinski definition) is 0. The SMILES string of the molecule is C=C(CC)CCCCCCCCCCCCCCC. The quantitative estimate of drug-likeness (QED) is 0.213. The van der Waals surface area contributed by atoms with Crippen LogP contribution in [0.4, 0.5) is 0 Å². The fraction of sp³-hybridized carbons (Fsp3) is 0.895. The lowest BCUT2D eigenvalue weighted by molar-refractivity contribution is 0.539. The first-order valence-electron chi connectivity index (χ1n) is 8.97. The average Bonchev–Trinajstić information content (AvgIpc) is 2.43. The molecule has 114 valence electrons. The molecule has 0 aromatic rings. The van der Waals surface area contributed by atoms with Crippen LogP contribution in [0.25, 0.3) is 0 Å². The second-order valence-corrected chi connectivity index (χ2v) is 6.10. The number of hydrogen-bond donors (Lipinski definition) is 0. The second-order valence-electron chi connectivity index (χ2n) is 6.10. The first-order valence-corrected chi connectivity index (χ1v) is 8.97. The van der Waals surface area contributed by atoms with Crippen molar-refractivity contribution in [3.8, 4) is 0 Å². The standard InChI is InChI=1S/C19H38/c1-4-6-7-8-9-10-11-12-13-14-15-16-17-18-19(3)5-2/h3-18H2,1-2H3. The second kappa shape index (κ2) is 15.8. The lowest BCUT2D eigenvalue weighted by atomic mass is 10.0. The zero-order valence-electron chi connectivity index (χ0n) is 13.8. The zero-order chi connectivity index (χ0) is 14.2. The van der Waals surface area contributed by atoms with E-state index < -0.39 is 0 Å². The summed E-state index contributed by atoms with van der Waals surface area (Å²) in [5, 5.41) is 0. The predicted octanol–water partition coefficient (Wildman–Crippen LogP) is 7.43. The highest BCUT2D eigenvalue weighted by Crippen LogP contribution is 2.14. The first kappa shape index (κ1) is 18.7. The third-order valence-electron chi connectivity index (χ3n) is 4.13. The van der Waals surface area contributed by atoms with Crippen LogP contribution in [0.1, 0.15) is 110 Å². The summed E-state index contributed by atoms with van der Waals surface area (Å²) >= 11 is 0. The van der Waals surface area contributed by atoms with Crippen molar-refractivity contribution >= 4 is 0 Å². The van der Waals surface area contributed by atoms with E-state index >= 15 is 0 Å². The van der Waals surface area contributed by atoms with E-state index in [9.17, 15) is 0 Å². The van der Waals surface area contributed by atoms with Crippen molar-refractivity contribution < 1.29 is 0 Å². The van der Waals surface area contributed by atoms with E-state index in [0.29, 0.717) is 0 Å². The molecule has 0 bridgehead atoms. The van der Waals surface area contributed by atoms with Gasteiger partial charge in [-0.05, 0) is 19.3 Å². The molecular formula is C19H38. The van der Waals surface area contributed by atoms with Gasteiger partial charge in [-0.3, -0.25) is 0 Å². The average molecular weight is 267 g/mol. The van der Waals surface area contributed by atoms with Gasteiger partial charge in [-0.1, -0.05) is 103 Å². The largest absolute Gasteiger partial charge is 0.0999 e. The summed E-state index contributed by atoms with van der Waals surface area (Å²) in [6.07, 6.45) is 21.2. The molecule has 0 fully saturated rings. The Bertz CT molecular complexity index is 180. The van der Waals surface area contributed by atoms with E-state index in [0.717, 1.165) is 6.42 Å². The van der Waals surface area contributed by atoms with Gasteiger partial charge in [0.1, 0.15) is 0 Å². The number of unbranched alkanes of at least 4 members (excludes halogenated alkanes) is 12. The Morgan fingerprint density at radius 3 is 1.32 bits per heavy atom. The maximum absolute atomic E-state index is 4.07. The molecule has 0 saturated carbocycles. The van der Waals surface area contributed by atoms with Crippen LogP contribution in [0.2, 0.25) is 0 Å². The highest BCUT2D eigenvalue weighted by Gasteiger charge is 1.94. The van der Waals surface area contributed by atoms with Gasteiger partial charge in [0.2, 0.25) is 0 Å². The molecule has 0 radical (unpaired) electrons. The summed E-state index contributed by atoms with van der Waals surface area (Å²) in [4.78, 5) is 0. The van der Waals surface area contributed by atoms with E-state index in [1.54, 1.807) is 0 Å². The van der Waals surface area contributed by atoms with Crippen LogP contribution in [0.15, 0.2) is 12.2 Å². The van der Waals surface area contributed by atoms with Crippen molar-refractivity contribution in [3.63, 3.8) is 0 Å². The Kier molecular flexibility index (Phi) is 15.6. The van der Waals surface area contributed by atoms with Crippen molar-refractivity contribution in [2.75, 3.05) is 0 Å². The summed E-state index contributed by atoms with van der Waals surface area (Å²) in [6, 6.07) is 0. The van der Waals surface area contributed by atoms with Gasteiger partial charge in [0, 0.05) is 0 Å². The molecule has 0 amide bonds. The molecule has 0 atom stereocenters. The van der Waals surface area contributed by atoms with Gasteiger partial charge < -0.3 is 0 Å². The molecule has 0 spiro atoms. The molecule has 0 aromatic heterocycles. The molecule has 0 nitrogen and oxygen atoms in total. The molecule has 0 aromatic carbocycles. The smallest absolute Gasteiger partial charge is 0.0323 e. The Morgan fingerprint density at radius 2 is 0.947 bits per heavy atom. The minimum absolute atomic E-state index is 1.16. The molecule has 0 heterocycles. The van der Waals surface area contributed by atoms with Crippen molar-refractivity contribution in [3.05, 3.63) is 12.2 Å². The van der Waals surface area contributed by atoms with Crippen LogP contribution in [-0.2, 0) is 0 Å². The fourth-order valence-electron chi connectivity index (χ4n) is 2.57. The minimum atomic E-state index is 1.16. The molecule has 0 rings (SSSR count). The van der Waals surface area contributed by atoms with Gasteiger partial charge in [-0.25, -0.2) is 0 Å². The molecular weight excluding hydrogens is 228 g/mol. The van der Waals surface area contributed by atoms with Gasteiger partial charge in [0.05, 0.1) is 0 Å². The first-order chi connectivity index (χ1) is 9.31. The summed E-state index contributed by atoms with van der Waals surface area (Å²) in [6.45, 7) is 8.57. The van der Waals surface area contributed by atoms with Gasteiger partial charge in [0.15, 0.2) is 0 Å². The molecule has 0 N–H and O–H groups in total. The van der Waals surface area contributed by atoms with E-state index in [1.807, 2.05) is 0 Å². The van der Waals surface area contributed by atoms with Gasteiger partial charge in [-0.15, -0.1) is 0 Å². The third kappa shape index (κ3) is 15.7. The van der Waals surface area contributed by atoms with Crippen molar-refractivity contribution in [2.45, 2.75) is 110 Å². The van der Waals surface area contributed by atoms with Crippen LogP contribution in [0.3, 0.4) is 0 Å². The fourth-order valence-corrected chi connectivity index (χ4v) is 2.57. The molecule has 0 saturated heterocycles. The monoisotopic (exact) mass is 266 g/mol. The maximum Gasteiger partial charge on any atom is -0.0323 e. The van der Waals surface area contributed by atoms with Crippen LogP contribution in [0.5, 0.6) is 0 Å². The van der Waals surface area contributed by atoms with Gasteiger partial charge in [-0.2, -0.15) is 0 Å². The zero-order valence-corrected chi connectivity index (χ0v) is 13.8. The van der Waals surface area contributed by atoms with Crippen molar-refractivity contribution in [2.24, 2.45) is 0 Å². The Balaban J connectivity index is 2.97. The van der Waals surface area contributed by atoms with Crippen molar-refractivity contribution in [1.29, 1.82) is 0 Å². The Labute approximate surface area is 123 Å². The van der Waals surface area contributed by atoms with Crippen LogP contribution < -0.4 is 0 Å². The Morgan fingerprint density at radius 1 is 0.579 bits per heavy atom. The minimum Gasteiger partial charge on any atom is -0.0999 e. The molecule has 0 aliphatic rings. The molecule has 0 heteroatoms. The molecule has 0 aliphatic heterocycles. The van der Waals surface area contributed by atoms with E-state index in [4.69, 9.17) is 0 Å². The lowest BCUT2D eigenvalue weighted by Crippen LogP contribution is -1.84. The highest BCUT2D eigenvalue weighted by molar-refractivity contribution is 4.91. The van der Waals surface area contributed by atoms with Crippen LogP contribution >= 0.6 is 0 Å². The highest BCUT2D eigenvalue weighted by atomic mass is 14.0. The van der Waals surface area contributed by atoms with E-state index in [2.05, 4.69) is 20.4 Å². The third-order valence-corrected chi connectivity index (χ3v) is 4.13. The summed E-state index contributed by atoms with van der Waals surface area (Å²) in [7, 11) is 0. The van der Waals surface area contributed by atoms with E-state index in [1.165, 1.54) is 95.5 Å². The topological polar surface area (TPSA) is 0 Å². The van der Waals surface area contributed by atoms with Crippen LogP contribution in [0, 0.1) is 0 Å². The molecule has 19 heavy (non-hydrogen) atoms. The van der Waals surface area contributed by atoms with Gasteiger partial charge in [0.25, 0.3) is 0 Å². The van der Waals surface area contributed by atoms with Crippen LogP contribution in [-0.4, -0.2) is 0 Å². The normalized spacial score (nSPS) is 10.8. The van der Waals surface area contributed by atoms with Gasteiger partial charge >= 0.3 is 0 Å². The van der Waals surface area contributed by atoms with E-state index in [-0.39, 0.29) is 0 Å². The molecule has 0 unspecified atom stereocenters. The maximum atomic E-state index is 4.07. The predicted molar refractivity (Wildman–Crippen MR) is 89.7 cm³/mol. The summed E-state index contributed by atoms with van der Waals surface area (Å²) < 4.78 is 0. The summed E-state index contributed by atoms with van der Waals surface area (Å²) in [5.41, 5.74) is 1.43. The Hall–Kier alpha value is -0.260. The number of rotatable bonds is 15. The summed E-state index contributed by atoms with van der Waals surface area (Å²) in [5.74, 6) is 0. The molecule has 0 aliphatic carbocycles. The van der Waals surface area contributed by atoms with Crippen molar-refractivity contribution in [1.82, 2.24) is 0 Å². The lowest BCUT2D eigenvalue weighted by Gasteiger charge is -2.04. The number of allylic oxidation sites excluding steroid dienone is 1.